The van der Waals surface area contributed by atoms with E-state index in [0.717, 1.165) is 19.2 Å². The van der Waals surface area contributed by atoms with Gasteiger partial charge in [-0.15, -0.1) is 0 Å². The Morgan fingerprint density at radius 1 is 1.23 bits per heavy atom. The summed E-state index contributed by atoms with van der Waals surface area (Å²) in [5.41, 5.74) is 0.178. The zero-order valence-electron chi connectivity index (χ0n) is 22.2. The molecule has 3 rings (SSSR count). The number of sulfonamides is 1. The summed E-state index contributed by atoms with van der Waals surface area (Å²) >= 11 is 6.53. The van der Waals surface area contributed by atoms with Crippen molar-refractivity contribution in [1.29, 1.82) is 0 Å². The molecule has 8 nitrogen and oxygen atoms in total. The summed E-state index contributed by atoms with van der Waals surface area (Å²) in [5, 5.41) is 6.92. The van der Waals surface area contributed by atoms with E-state index in [1.165, 1.54) is 16.8 Å². The molecule has 1 fully saturated rings. The summed E-state index contributed by atoms with van der Waals surface area (Å²) in [4.78, 5) is 13.0. The molecule has 2 N–H and O–H groups in total. The Morgan fingerprint density at radius 2 is 1.88 bits per heavy atom. The summed E-state index contributed by atoms with van der Waals surface area (Å²) < 4.78 is 97.0. The summed E-state index contributed by atoms with van der Waals surface area (Å²) in [7, 11) is -3.30. The molecule has 0 spiro atoms. The Morgan fingerprint density at radius 3 is 2.42 bits per heavy atom. The molecule has 0 bridgehead atoms. The number of aryl methyl sites for hydroxylation is 1. The number of halogens is 6. The van der Waals surface area contributed by atoms with Crippen molar-refractivity contribution in [2.75, 3.05) is 12.8 Å². The van der Waals surface area contributed by atoms with Crippen LogP contribution in [0.5, 0.6) is 5.75 Å². The highest BCUT2D eigenvalue weighted by atomic mass is 35.5. The molecular weight excluding hydrogens is 583 g/mol. The molecule has 1 atom stereocenters. The lowest BCUT2D eigenvalue weighted by Gasteiger charge is -2.28. The second-order valence-electron chi connectivity index (χ2n) is 10.0. The highest BCUT2D eigenvalue weighted by molar-refractivity contribution is 7.88. The molecule has 0 aliphatic heterocycles. The van der Waals surface area contributed by atoms with Crippen LogP contribution in [0.1, 0.15) is 55.6 Å². The summed E-state index contributed by atoms with van der Waals surface area (Å²) in [6.45, 7) is -0.0454. The minimum Gasteiger partial charge on any atom is -0.434 e. The van der Waals surface area contributed by atoms with Crippen molar-refractivity contribution in [2.24, 2.45) is 11.8 Å². The Labute approximate surface area is 234 Å². The number of ether oxygens (including phenoxy) is 1. The number of alkyl halides is 5. The molecule has 1 aliphatic rings. The van der Waals surface area contributed by atoms with Gasteiger partial charge in [0.2, 0.25) is 10.0 Å². The summed E-state index contributed by atoms with van der Waals surface area (Å²) in [5.74, 6) is -2.55. The van der Waals surface area contributed by atoms with Gasteiger partial charge in [0.1, 0.15) is 5.75 Å². The molecule has 1 amide bonds. The van der Waals surface area contributed by atoms with E-state index in [1.54, 1.807) is 6.92 Å². The van der Waals surface area contributed by atoms with Crippen LogP contribution >= 0.6 is 11.6 Å². The zero-order valence-corrected chi connectivity index (χ0v) is 23.8. The van der Waals surface area contributed by atoms with Crippen molar-refractivity contribution < 1.29 is 39.9 Å². The van der Waals surface area contributed by atoms with E-state index in [9.17, 15) is 35.2 Å². The van der Waals surface area contributed by atoms with E-state index in [-0.39, 0.29) is 51.8 Å². The maximum Gasteiger partial charge on any atom is 0.391 e. The Hall–Kier alpha value is -2.45. The Kier molecular flexibility index (Phi) is 10.4. The van der Waals surface area contributed by atoms with Crippen LogP contribution < -0.4 is 14.8 Å². The first-order valence-corrected chi connectivity index (χ1v) is 15.0. The number of carbonyl (C=O) groups is 1. The second kappa shape index (κ2) is 13.0. The SMILES string of the molecule is CCn1nc(C(=O)NCC2CCC(NS(C)(=O)=O)CC2)c(Cl)c1-c1ccc(C[C@H](C)C(F)(F)F)cc1OC(F)F. The van der Waals surface area contributed by atoms with Crippen molar-refractivity contribution >= 4 is 27.5 Å². The van der Waals surface area contributed by atoms with Gasteiger partial charge in [-0.2, -0.15) is 27.1 Å². The lowest BCUT2D eigenvalue weighted by Crippen LogP contribution is -2.39. The van der Waals surface area contributed by atoms with Crippen molar-refractivity contribution in [3.05, 3.63) is 34.5 Å². The van der Waals surface area contributed by atoms with Crippen LogP contribution in [-0.2, 0) is 23.0 Å². The third kappa shape index (κ3) is 8.53. The van der Waals surface area contributed by atoms with Gasteiger partial charge in [-0.25, -0.2) is 13.1 Å². The predicted octanol–water partition coefficient (Wildman–Crippen LogP) is 5.40. The minimum absolute atomic E-state index is 0.0545. The largest absolute Gasteiger partial charge is 0.434 e. The zero-order chi connectivity index (χ0) is 29.8. The Balaban J connectivity index is 1.79. The third-order valence-corrected chi connectivity index (χ3v) is 7.93. The fraction of sp³-hybridized carbons (Fsp3) is 0.600. The molecule has 1 saturated carbocycles. The minimum atomic E-state index is -4.46. The maximum absolute atomic E-state index is 13.2. The number of hydrogen-bond acceptors (Lipinski definition) is 5. The molecule has 0 saturated heterocycles. The number of aromatic nitrogens is 2. The van der Waals surface area contributed by atoms with Crippen LogP contribution in [-0.4, -0.2) is 55.7 Å². The highest BCUT2D eigenvalue weighted by Crippen LogP contribution is 2.39. The van der Waals surface area contributed by atoms with Crippen LogP contribution in [0.25, 0.3) is 11.3 Å². The first-order chi connectivity index (χ1) is 18.6. The molecule has 224 valence electrons. The van der Waals surface area contributed by atoms with Gasteiger partial charge < -0.3 is 10.1 Å². The molecule has 15 heteroatoms. The number of nitrogens with one attached hydrogen (secondary N) is 2. The number of benzene rings is 1. The average molecular weight is 615 g/mol. The number of hydrogen-bond donors (Lipinski definition) is 2. The quantitative estimate of drug-likeness (QED) is 0.330. The number of nitrogens with zero attached hydrogens (tertiary/aromatic N) is 2. The van der Waals surface area contributed by atoms with E-state index in [4.69, 9.17) is 11.6 Å². The monoisotopic (exact) mass is 614 g/mol. The van der Waals surface area contributed by atoms with Crippen molar-refractivity contribution in [1.82, 2.24) is 19.8 Å². The maximum atomic E-state index is 13.2. The molecule has 40 heavy (non-hydrogen) atoms. The van der Waals surface area contributed by atoms with E-state index in [1.807, 2.05) is 0 Å². The molecule has 0 unspecified atom stereocenters. The van der Waals surface area contributed by atoms with E-state index in [2.05, 4.69) is 19.9 Å². The molecule has 1 aromatic carbocycles. The van der Waals surface area contributed by atoms with Crippen LogP contribution in [0.2, 0.25) is 5.02 Å². The lowest BCUT2D eigenvalue weighted by molar-refractivity contribution is -0.169. The van der Waals surface area contributed by atoms with Gasteiger partial charge in [0.25, 0.3) is 5.91 Å². The van der Waals surface area contributed by atoms with Gasteiger partial charge in [-0.05, 0) is 62.6 Å². The van der Waals surface area contributed by atoms with Gasteiger partial charge >= 0.3 is 12.8 Å². The van der Waals surface area contributed by atoms with Gasteiger partial charge in [-0.1, -0.05) is 24.6 Å². The lowest BCUT2D eigenvalue weighted by atomic mass is 9.86. The van der Waals surface area contributed by atoms with Crippen LogP contribution in [0.15, 0.2) is 18.2 Å². The molecule has 1 heterocycles. The van der Waals surface area contributed by atoms with E-state index in [0.29, 0.717) is 32.2 Å². The first-order valence-electron chi connectivity index (χ1n) is 12.8. The van der Waals surface area contributed by atoms with Crippen molar-refractivity contribution in [2.45, 2.75) is 71.3 Å². The van der Waals surface area contributed by atoms with Gasteiger partial charge in [0.15, 0.2) is 5.69 Å². The molecule has 1 aliphatic carbocycles. The first kappa shape index (κ1) is 32.1. The fourth-order valence-corrected chi connectivity index (χ4v) is 5.90. The van der Waals surface area contributed by atoms with Gasteiger partial charge in [0.05, 0.1) is 22.9 Å². The third-order valence-electron chi connectivity index (χ3n) is 6.81. The van der Waals surface area contributed by atoms with Crippen molar-refractivity contribution in [3.8, 4) is 17.0 Å². The van der Waals surface area contributed by atoms with Crippen LogP contribution in [0, 0.1) is 11.8 Å². The summed E-state index contributed by atoms with van der Waals surface area (Å²) in [6, 6.07) is 3.66. The number of carbonyl (C=O) groups excluding carboxylic acids is 1. The molecular formula is C25H32ClF5N4O4S. The number of rotatable bonds is 11. The average Bonchev–Trinajstić information content (AvgIpc) is 3.18. The molecule has 2 aromatic rings. The highest BCUT2D eigenvalue weighted by Gasteiger charge is 2.36. The molecule has 0 radical (unpaired) electrons. The normalized spacial score (nSPS) is 19.1. The fourth-order valence-electron chi connectivity index (χ4n) is 4.73. The van der Waals surface area contributed by atoms with E-state index >= 15 is 0 Å². The van der Waals surface area contributed by atoms with Crippen LogP contribution in [0.3, 0.4) is 0 Å². The summed E-state index contributed by atoms with van der Waals surface area (Å²) in [6.07, 6.45) is -1.13. The smallest absolute Gasteiger partial charge is 0.391 e. The Bertz CT molecular complexity index is 1290. The molecule has 1 aromatic heterocycles. The second-order valence-corrected chi connectivity index (χ2v) is 12.2. The van der Waals surface area contributed by atoms with Gasteiger partial charge in [0, 0.05) is 24.7 Å². The topological polar surface area (TPSA) is 102 Å². The van der Waals surface area contributed by atoms with Crippen molar-refractivity contribution in [3.63, 3.8) is 0 Å². The van der Waals surface area contributed by atoms with E-state index < -0.39 is 41.1 Å². The standard InChI is InChI=1S/C25H32ClF5N4O4S/c1-4-35-22(18-10-7-16(11-14(2)25(29,30)31)12-19(18)39-24(27)28)20(26)21(33-35)23(36)32-13-15-5-8-17(9-6-15)34-40(3,37)38/h7,10,12,14-15,17,24,34H,4-6,8-9,11,13H2,1-3H3,(H,32,36)/t14-,15?,17?/m0/s1. The van der Waals surface area contributed by atoms with Gasteiger partial charge in [-0.3, -0.25) is 9.48 Å². The number of amides is 1. The predicted molar refractivity (Wildman–Crippen MR) is 140 cm³/mol. The van der Waals surface area contributed by atoms with Crippen LogP contribution in [0.4, 0.5) is 22.0 Å².